The number of hydrogen-bond acceptors (Lipinski definition) is 4. The van der Waals surface area contributed by atoms with Crippen molar-refractivity contribution in [3.63, 3.8) is 0 Å². The first-order valence-electron chi connectivity index (χ1n) is 6.49. The molecule has 1 aromatic rings. The van der Waals surface area contributed by atoms with Gasteiger partial charge in [0.25, 0.3) is 5.91 Å². The van der Waals surface area contributed by atoms with Crippen molar-refractivity contribution in [2.24, 2.45) is 5.16 Å². The summed E-state index contributed by atoms with van der Waals surface area (Å²) in [6.45, 7) is 1.000. The summed E-state index contributed by atoms with van der Waals surface area (Å²) in [6.07, 6.45) is 0.195. The fraction of sp³-hybridized carbons (Fsp3) is 0.429. The highest BCUT2D eigenvalue weighted by atomic mass is 16.6. The lowest BCUT2D eigenvalue weighted by Crippen LogP contribution is -2.38. The predicted octanol–water partition coefficient (Wildman–Crippen LogP) is 0.773. The molecule has 1 unspecified atom stereocenters. The van der Waals surface area contributed by atoms with Crippen LogP contribution in [0.4, 0.5) is 0 Å². The molecule has 2 aliphatic heterocycles. The fourth-order valence-electron chi connectivity index (χ4n) is 2.46. The Morgan fingerprint density at radius 2 is 2.16 bits per heavy atom. The van der Waals surface area contributed by atoms with Crippen LogP contribution in [0.15, 0.2) is 35.5 Å². The molecule has 2 heterocycles. The Balaban J connectivity index is 1.63. The molecule has 100 valence electrons. The molecule has 2 atom stereocenters. The first-order valence-corrected chi connectivity index (χ1v) is 6.49. The average molecular weight is 260 g/mol. The van der Waals surface area contributed by atoms with Gasteiger partial charge in [0.1, 0.15) is 0 Å². The van der Waals surface area contributed by atoms with Crippen LogP contribution in [0.2, 0.25) is 0 Å². The fourth-order valence-corrected chi connectivity index (χ4v) is 2.46. The van der Waals surface area contributed by atoms with Gasteiger partial charge >= 0.3 is 0 Å². The topological polar surface area (TPSA) is 62.1 Å². The van der Waals surface area contributed by atoms with Gasteiger partial charge in [-0.3, -0.25) is 4.79 Å². The monoisotopic (exact) mass is 260 g/mol. The van der Waals surface area contributed by atoms with Gasteiger partial charge < -0.3 is 14.8 Å². The lowest BCUT2D eigenvalue weighted by molar-refractivity contribution is -0.141. The van der Waals surface area contributed by atoms with Crippen LogP contribution in [0.1, 0.15) is 18.4 Å². The Hall–Kier alpha value is -1.88. The van der Waals surface area contributed by atoms with Crippen LogP contribution >= 0.6 is 0 Å². The van der Waals surface area contributed by atoms with Crippen LogP contribution in [0.5, 0.6) is 0 Å². The summed E-state index contributed by atoms with van der Waals surface area (Å²) in [5, 5.41) is 13.5. The maximum absolute atomic E-state index is 12.2. The van der Waals surface area contributed by atoms with E-state index in [0.717, 1.165) is 11.3 Å². The Morgan fingerprint density at radius 1 is 1.37 bits per heavy atom. The maximum atomic E-state index is 12.2. The van der Waals surface area contributed by atoms with Crippen LogP contribution in [0.3, 0.4) is 0 Å². The third-order valence-electron chi connectivity index (χ3n) is 3.53. The molecule has 0 aliphatic carbocycles. The quantitative estimate of drug-likeness (QED) is 0.854. The zero-order valence-corrected chi connectivity index (χ0v) is 10.5. The molecule has 5 heteroatoms. The Bertz CT molecular complexity index is 501. The number of oxime groups is 1. The zero-order chi connectivity index (χ0) is 13.2. The van der Waals surface area contributed by atoms with Gasteiger partial charge in [0.15, 0.2) is 0 Å². The average Bonchev–Trinajstić information content (AvgIpc) is 3.08. The number of likely N-dealkylation sites (tertiary alicyclic amines) is 1. The minimum absolute atomic E-state index is 0.0776. The zero-order valence-electron chi connectivity index (χ0n) is 10.5. The van der Waals surface area contributed by atoms with Crippen molar-refractivity contribution in [1.29, 1.82) is 0 Å². The number of hydrogen-bond donors (Lipinski definition) is 1. The van der Waals surface area contributed by atoms with Crippen molar-refractivity contribution in [1.82, 2.24) is 4.90 Å². The summed E-state index contributed by atoms with van der Waals surface area (Å²) in [7, 11) is 0. The van der Waals surface area contributed by atoms with E-state index in [4.69, 9.17) is 4.84 Å². The SMILES string of the molecule is O=C(C1CC(c2ccccc2)=NO1)N1CC[C@H](O)C1. The summed E-state index contributed by atoms with van der Waals surface area (Å²) in [4.78, 5) is 19.1. The second-order valence-corrected chi connectivity index (χ2v) is 4.93. The van der Waals surface area contributed by atoms with Gasteiger partial charge in [0, 0.05) is 19.5 Å². The minimum atomic E-state index is -0.541. The second kappa shape index (κ2) is 5.01. The lowest BCUT2D eigenvalue weighted by atomic mass is 10.0. The van der Waals surface area contributed by atoms with Crippen molar-refractivity contribution in [3.8, 4) is 0 Å². The molecule has 1 saturated heterocycles. The number of nitrogens with zero attached hydrogens (tertiary/aromatic N) is 2. The molecule has 2 aliphatic rings. The Kier molecular flexibility index (Phi) is 3.21. The van der Waals surface area contributed by atoms with Crippen LogP contribution in [-0.4, -0.2) is 46.9 Å². The highest BCUT2D eigenvalue weighted by molar-refractivity contribution is 6.04. The molecular formula is C14H16N2O3. The van der Waals surface area contributed by atoms with Gasteiger partial charge in [-0.15, -0.1) is 0 Å². The van der Waals surface area contributed by atoms with E-state index >= 15 is 0 Å². The number of β-amino-alcohol motifs (C(OH)–C–C–N with tert-alkyl or cyclic N) is 1. The number of rotatable bonds is 2. The highest BCUT2D eigenvalue weighted by Gasteiger charge is 2.35. The molecule has 0 saturated carbocycles. The molecule has 0 aromatic heterocycles. The molecule has 5 nitrogen and oxygen atoms in total. The molecule has 0 radical (unpaired) electrons. The van der Waals surface area contributed by atoms with E-state index in [1.54, 1.807) is 4.90 Å². The lowest BCUT2D eigenvalue weighted by Gasteiger charge is -2.18. The molecule has 1 aromatic carbocycles. The smallest absolute Gasteiger partial charge is 0.266 e. The molecule has 0 spiro atoms. The van der Waals surface area contributed by atoms with Crippen LogP contribution in [0.25, 0.3) is 0 Å². The van der Waals surface area contributed by atoms with Crippen molar-refractivity contribution in [2.45, 2.75) is 25.0 Å². The third-order valence-corrected chi connectivity index (χ3v) is 3.53. The van der Waals surface area contributed by atoms with E-state index in [0.29, 0.717) is 25.9 Å². The highest BCUT2D eigenvalue weighted by Crippen LogP contribution is 2.20. The summed E-state index contributed by atoms with van der Waals surface area (Å²) in [6, 6.07) is 9.71. The van der Waals surface area contributed by atoms with Crippen molar-refractivity contribution >= 4 is 11.6 Å². The molecule has 1 fully saturated rings. The molecule has 1 amide bonds. The first kappa shape index (κ1) is 12.2. The number of carbonyl (C=O) groups excluding carboxylic acids is 1. The van der Waals surface area contributed by atoms with Crippen molar-refractivity contribution in [3.05, 3.63) is 35.9 Å². The van der Waals surface area contributed by atoms with Gasteiger partial charge in [-0.05, 0) is 12.0 Å². The van der Waals surface area contributed by atoms with E-state index in [2.05, 4.69) is 5.16 Å². The van der Waals surface area contributed by atoms with E-state index < -0.39 is 12.2 Å². The van der Waals surface area contributed by atoms with Crippen LogP contribution in [0, 0.1) is 0 Å². The molecule has 19 heavy (non-hydrogen) atoms. The van der Waals surface area contributed by atoms with Gasteiger partial charge in [-0.1, -0.05) is 35.5 Å². The molecular weight excluding hydrogens is 244 g/mol. The number of aliphatic hydroxyl groups excluding tert-OH is 1. The standard InChI is InChI=1S/C14H16N2O3/c17-11-6-7-16(9-11)14(18)13-8-12(15-19-13)10-4-2-1-3-5-10/h1-5,11,13,17H,6-9H2/t11-,13?/m0/s1. The van der Waals surface area contributed by atoms with Gasteiger partial charge in [0.2, 0.25) is 6.10 Å². The summed E-state index contributed by atoms with van der Waals surface area (Å²) in [5.41, 5.74) is 1.79. The second-order valence-electron chi connectivity index (χ2n) is 4.93. The first-order chi connectivity index (χ1) is 9.24. The number of amides is 1. The summed E-state index contributed by atoms with van der Waals surface area (Å²) in [5.74, 6) is -0.0776. The maximum Gasteiger partial charge on any atom is 0.266 e. The Morgan fingerprint density at radius 3 is 2.84 bits per heavy atom. The van der Waals surface area contributed by atoms with Crippen LogP contribution in [-0.2, 0) is 9.63 Å². The van der Waals surface area contributed by atoms with E-state index in [1.807, 2.05) is 30.3 Å². The normalized spacial score (nSPS) is 26.2. The number of benzene rings is 1. The number of carbonyl (C=O) groups is 1. The van der Waals surface area contributed by atoms with Crippen LogP contribution < -0.4 is 0 Å². The van der Waals surface area contributed by atoms with Gasteiger partial charge in [-0.2, -0.15) is 0 Å². The summed E-state index contributed by atoms with van der Waals surface area (Å²) < 4.78 is 0. The number of aliphatic hydroxyl groups is 1. The van der Waals surface area contributed by atoms with E-state index in [-0.39, 0.29) is 5.91 Å². The molecule has 1 N–H and O–H groups in total. The minimum Gasteiger partial charge on any atom is -0.391 e. The third kappa shape index (κ3) is 2.46. The predicted molar refractivity (Wildman–Crippen MR) is 69.7 cm³/mol. The van der Waals surface area contributed by atoms with Crippen molar-refractivity contribution < 1.29 is 14.7 Å². The van der Waals surface area contributed by atoms with E-state index in [9.17, 15) is 9.90 Å². The van der Waals surface area contributed by atoms with Crippen molar-refractivity contribution in [2.75, 3.05) is 13.1 Å². The van der Waals surface area contributed by atoms with Gasteiger partial charge in [0.05, 0.1) is 11.8 Å². The summed E-state index contributed by atoms with van der Waals surface area (Å²) >= 11 is 0. The Labute approximate surface area is 111 Å². The largest absolute Gasteiger partial charge is 0.391 e. The van der Waals surface area contributed by atoms with E-state index in [1.165, 1.54) is 0 Å². The molecule has 0 bridgehead atoms. The molecule has 3 rings (SSSR count). The van der Waals surface area contributed by atoms with Gasteiger partial charge in [-0.25, -0.2) is 0 Å².